The maximum atomic E-state index is 11.3. The van der Waals surface area contributed by atoms with Gasteiger partial charge in [-0.2, -0.15) is 0 Å². The molecule has 0 unspecified atom stereocenters. The van der Waals surface area contributed by atoms with Gasteiger partial charge in [0.1, 0.15) is 0 Å². The minimum absolute atomic E-state index is 0.0764. The first-order chi connectivity index (χ1) is 6.79. The second-order valence-electron chi connectivity index (χ2n) is 2.54. The van der Waals surface area contributed by atoms with E-state index in [2.05, 4.69) is 5.16 Å². The van der Waals surface area contributed by atoms with Gasteiger partial charge < -0.3 is 9.94 Å². The van der Waals surface area contributed by atoms with E-state index in [0.29, 0.717) is 5.56 Å². The Morgan fingerprint density at radius 2 is 2.07 bits per heavy atom. The Morgan fingerprint density at radius 1 is 1.43 bits per heavy atom. The van der Waals surface area contributed by atoms with Crippen LogP contribution in [0.2, 0.25) is 0 Å². The number of benzene rings is 1. The van der Waals surface area contributed by atoms with E-state index in [0.717, 1.165) is 0 Å². The first kappa shape index (κ1) is 10.2. The lowest BCUT2D eigenvalue weighted by Gasteiger charge is -2.03. The number of carbonyl (C=O) groups excluding carboxylic acids is 1. The molecule has 0 aliphatic rings. The lowest BCUT2D eigenvalue weighted by molar-refractivity contribution is -0.135. The maximum absolute atomic E-state index is 11.3. The van der Waals surface area contributed by atoms with Crippen LogP contribution in [0.5, 0.6) is 0 Å². The normalized spacial score (nSPS) is 11.1. The minimum Gasteiger partial charge on any atom is -0.461 e. The van der Waals surface area contributed by atoms with E-state index in [9.17, 15) is 4.79 Å². The fourth-order valence-electron chi connectivity index (χ4n) is 1.01. The number of nitrogens with zero attached hydrogens (tertiary/aromatic N) is 1. The van der Waals surface area contributed by atoms with Crippen LogP contribution in [0.1, 0.15) is 12.5 Å². The van der Waals surface area contributed by atoms with Crippen molar-refractivity contribution in [1.82, 2.24) is 0 Å². The van der Waals surface area contributed by atoms with Crippen molar-refractivity contribution in [2.24, 2.45) is 5.16 Å². The Labute approximate surface area is 81.8 Å². The second kappa shape index (κ2) is 5.01. The molecule has 1 aromatic rings. The Bertz CT molecular complexity index is 332. The summed E-state index contributed by atoms with van der Waals surface area (Å²) < 4.78 is 4.72. The van der Waals surface area contributed by atoms with Crippen molar-refractivity contribution >= 4 is 11.7 Å². The molecule has 0 saturated carbocycles. The average Bonchev–Trinajstić information content (AvgIpc) is 2.21. The van der Waals surface area contributed by atoms with E-state index in [-0.39, 0.29) is 12.3 Å². The van der Waals surface area contributed by atoms with Gasteiger partial charge in [0.05, 0.1) is 6.61 Å². The predicted octanol–water partition coefficient (Wildman–Crippen LogP) is 1.43. The summed E-state index contributed by atoms with van der Waals surface area (Å²) in [7, 11) is 0. The zero-order valence-corrected chi connectivity index (χ0v) is 7.80. The summed E-state index contributed by atoms with van der Waals surface area (Å²) in [4.78, 5) is 11.3. The predicted molar refractivity (Wildman–Crippen MR) is 51.4 cm³/mol. The third-order valence-electron chi connectivity index (χ3n) is 1.62. The van der Waals surface area contributed by atoms with Gasteiger partial charge >= 0.3 is 5.97 Å². The number of hydrogen-bond donors (Lipinski definition) is 1. The van der Waals surface area contributed by atoms with Crippen molar-refractivity contribution in [3.8, 4) is 0 Å². The molecule has 1 rings (SSSR count). The van der Waals surface area contributed by atoms with Gasteiger partial charge in [-0.25, -0.2) is 4.79 Å². The molecule has 0 amide bonds. The highest BCUT2D eigenvalue weighted by Gasteiger charge is 2.14. The summed E-state index contributed by atoms with van der Waals surface area (Å²) in [5, 5.41) is 11.6. The number of hydrogen-bond acceptors (Lipinski definition) is 4. The van der Waals surface area contributed by atoms with E-state index in [4.69, 9.17) is 9.94 Å². The van der Waals surface area contributed by atoms with Crippen molar-refractivity contribution in [3.63, 3.8) is 0 Å². The van der Waals surface area contributed by atoms with Gasteiger partial charge in [0.15, 0.2) is 5.71 Å². The van der Waals surface area contributed by atoms with Crippen LogP contribution in [0.4, 0.5) is 0 Å². The number of carbonyl (C=O) groups is 1. The number of ether oxygens (including phenoxy) is 1. The first-order valence-corrected chi connectivity index (χ1v) is 4.24. The molecule has 0 saturated heterocycles. The van der Waals surface area contributed by atoms with Gasteiger partial charge in [0.25, 0.3) is 0 Å². The van der Waals surface area contributed by atoms with E-state index < -0.39 is 5.97 Å². The lowest BCUT2D eigenvalue weighted by atomic mass is 10.1. The fraction of sp³-hybridized carbons (Fsp3) is 0.200. The van der Waals surface area contributed by atoms with Gasteiger partial charge in [0, 0.05) is 5.56 Å². The summed E-state index contributed by atoms with van der Waals surface area (Å²) in [6.07, 6.45) is 0. The van der Waals surface area contributed by atoms with Gasteiger partial charge in [-0.15, -0.1) is 0 Å². The molecule has 4 nitrogen and oxygen atoms in total. The standard InChI is InChI=1S/C10H11NO3/c1-2-14-10(12)9(11-13)8-6-4-3-5-7-8/h3-7,13H,2H2,1H3/b11-9-. The topological polar surface area (TPSA) is 58.9 Å². The Kier molecular flexibility index (Phi) is 3.67. The molecule has 1 aromatic carbocycles. The number of esters is 1. The van der Waals surface area contributed by atoms with Crippen LogP contribution >= 0.6 is 0 Å². The molecule has 4 heteroatoms. The van der Waals surface area contributed by atoms with Gasteiger partial charge in [0.2, 0.25) is 0 Å². The highest BCUT2D eigenvalue weighted by Crippen LogP contribution is 2.02. The van der Waals surface area contributed by atoms with Gasteiger partial charge in [-0.1, -0.05) is 35.5 Å². The monoisotopic (exact) mass is 193 g/mol. The maximum Gasteiger partial charge on any atom is 0.361 e. The van der Waals surface area contributed by atoms with E-state index in [1.54, 1.807) is 31.2 Å². The van der Waals surface area contributed by atoms with Crippen molar-refractivity contribution in [3.05, 3.63) is 35.9 Å². The highest BCUT2D eigenvalue weighted by atomic mass is 16.5. The number of rotatable bonds is 3. The van der Waals surface area contributed by atoms with Crippen LogP contribution in [0, 0.1) is 0 Å². The molecule has 0 aliphatic heterocycles. The molecule has 0 spiro atoms. The first-order valence-electron chi connectivity index (χ1n) is 4.24. The Balaban J connectivity index is 2.89. The van der Waals surface area contributed by atoms with Gasteiger partial charge in [-0.05, 0) is 6.92 Å². The van der Waals surface area contributed by atoms with Crippen LogP contribution in [0.3, 0.4) is 0 Å². The summed E-state index contributed by atoms with van der Waals surface area (Å²) in [5.41, 5.74) is 0.459. The average molecular weight is 193 g/mol. The molecule has 0 atom stereocenters. The van der Waals surface area contributed by atoms with Crippen LogP contribution in [-0.4, -0.2) is 23.5 Å². The highest BCUT2D eigenvalue weighted by molar-refractivity contribution is 6.43. The van der Waals surface area contributed by atoms with Crippen molar-refractivity contribution in [2.45, 2.75) is 6.92 Å². The quantitative estimate of drug-likeness (QED) is 0.342. The molecule has 1 N–H and O–H groups in total. The fourth-order valence-corrected chi connectivity index (χ4v) is 1.01. The van der Waals surface area contributed by atoms with Crippen molar-refractivity contribution in [1.29, 1.82) is 0 Å². The molecule has 74 valence electrons. The molecule has 14 heavy (non-hydrogen) atoms. The molecule has 0 aliphatic carbocycles. The van der Waals surface area contributed by atoms with Crippen LogP contribution in [-0.2, 0) is 9.53 Å². The molecule has 0 aromatic heterocycles. The SMILES string of the molecule is CCOC(=O)/C(=N\O)c1ccccc1. The summed E-state index contributed by atoms with van der Waals surface area (Å²) in [6.45, 7) is 1.95. The third-order valence-corrected chi connectivity index (χ3v) is 1.62. The summed E-state index contributed by atoms with van der Waals surface area (Å²) in [5.74, 6) is -0.624. The summed E-state index contributed by atoms with van der Waals surface area (Å²) >= 11 is 0. The molecule has 0 fully saturated rings. The van der Waals surface area contributed by atoms with Gasteiger partial charge in [-0.3, -0.25) is 0 Å². The van der Waals surface area contributed by atoms with Crippen LogP contribution in [0.25, 0.3) is 0 Å². The second-order valence-corrected chi connectivity index (χ2v) is 2.54. The van der Waals surface area contributed by atoms with E-state index in [1.165, 1.54) is 0 Å². The largest absolute Gasteiger partial charge is 0.461 e. The van der Waals surface area contributed by atoms with Crippen LogP contribution < -0.4 is 0 Å². The third kappa shape index (κ3) is 2.32. The smallest absolute Gasteiger partial charge is 0.361 e. The molecule has 0 bridgehead atoms. The van der Waals surface area contributed by atoms with Crippen molar-refractivity contribution < 1.29 is 14.7 Å². The Hall–Kier alpha value is -1.84. The lowest BCUT2D eigenvalue weighted by Crippen LogP contribution is -2.18. The summed E-state index contributed by atoms with van der Waals surface area (Å²) in [6, 6.07) is 8.65. The molecule has 0 heterocycles. The van der Waals surface area contributed by atoms with E-state index in [1.807, 2.05) is 6.07 Å². The molecule has 0 radical (unpaired) electrons. The minimum atomic E-state index is -0.624. The van der Waals surface area contributed by atoms with Crippen LogP contribution in [0.15, 0.2) is 35.5 Å². The zero-order chi connectivity index (χ0) is 10.4. The zero-order valence-electron chi connectivity index (χ0n) is 7.80. The molecular weight excluding hydrogens is 182 g/mol. The van der Waals surface area contributed by atoms with E-state index >= 15 is 0 Å². The number of oxime groups is 1. The Morgan fingerprint density at radius 3 is 2.57 bits per heavy atom. The molecular formula is C10H11NO3. The van der Waals surface area contributed by atoms with Crippen molar-refractivity contribution in [2.75, 3.05) is 6.61 Å².